The molecule has 0 unspecified atom stereocenters. The van der Waals surface area contributed by atoms with E-state index in [2.05, 4.69) is 38.2 Å². The first kappa shape index (κ1) is 18.2. The fourth-order valence-electron chi connectivity index (χ4n) is 3.56. The number of rotatable bonds is 3. The van der Waals surface area contributed by atoms with Crippen molar-refractivity contribution in [2.45, 2.75) is 53.4 Å². The molecule has 0 bridgehead atoms. The maximum atomic E-state index is 12.7. The minimum absolute atomic E-state index is 0.0702. The van der Waals surface area contributed by atoms with Gasteiger partial charge in [-0.05, 0) is 42.4 Å². The van der Waals surface area contributed by atoms with Gasteiger partial charge in [-0.15, -0.1) is 0 Å². The molecule has 5 heteroatoms. The molecular formula is C21H26N2O3. The van der Waals surface area contributed by atoms with Crippen LogP contribution in [0.2, 0.25) is 0 Å². The van der Waals surface area contributed by atoms with E-state index in [4.69, 9.17) is 4.42 Å². The summed E-state index contributed by atoms with van der Waals surface area (Å²) < 4.78 is 5.90. The molecule has 0 fully saturated rings. The number of amides is 1. The summed E-state index contributed by atoms with van der Waals surface area (Å²) in [4.78, 5) is 12.7. The summed E-state index contributed by atoms with van der Waals surface area (Å²) in [6.45, 7) is 10.3. The van der Waals surface area contributed by atoms with Crippen molar-refractivity contribution in [1.82, 2.24) is 0 Å². The van der Waals surface area contributed by atoms with Crippen molar-refractivity contribution < 1.29 is 14.4 Å². The van der Waals surface area contributed by atoms with Crippen LogP contribution in [-0.2, 0) is 6.42 Å². The molecular weight excluding hydrogens is 328 g/mol. The van der Waals surface area contributed by atoms with Crippen molar-refractivity contribution in [2.24, 2.45) is 10.6 Å². The van der Waals surface area contributed by atoms with Crippen molar-refractivity contribution >= 4 is 17.3 Å². The number of hydrogen-bond donors (Lipinski definition) is 2. The molecule has 1 amide bonds. The number of carbonyl (C=O) groups excluding carboxylic acids is 1. The Labute approximate surface area is 154 Å². The molecule has 0 saturated heterocycles. The highest BCUT2D eigenvalue weighted by molar-refractivity contribution is 6.09. The summed E-state index contributed by atoms with van der Waals surface area (Å²) in [7, 11) is 0. The maximum Gasteiger partial charge on any atom is 0.291 e. The zero-order chi connectivity index (χ0) is 19.1. The lowest BCUT2D eigenvalue weighted by molar-refractivity contribution is 0.0993. The van der Waals surface area contributed by atoms with E-state index in [-0.39, 0.29) is 17.1 Å². The third-order valence-electron chi connectivity index (χ3n) is 4.96. The molecule has 5 nitrogen and oxygen atoms in total. The van der Waals surface area contributed by atoms with Gasteiger partial charge in [-0.2, -0.15) is 0 Å². The number of oxime groups is 1. The fourth-order valence-corrected chi connectivity index (χ4v) is 3.56. The van der Waals surface area contributed by atoms with Crippen molar-refractivity contribution in [1.29, 1.82) is 0 Å². The summed E-state index contributed by atoms with van der Waals surface area (Å²) in [5.41, 5.74) is 3.95. The Bertz CT molecular complexity index is 858. The summed E-state index contributed by atoms with van der Waals surface area (Å²) in [5.74, 6) is 1.15. The summed E-state index contributed by atoms with van der Waals surface area (Å²) in [5, 5.41) is 15.7. The van der Waals surface area contributed by atoms with Gasteiger partial charge in [0.2, 0.25) is 0 Å². The quantitative estimate of drug-likeness (QED) is 0.594. The molecule has 2 N–H and O–H groups in total. The van der Waals surface area contributed by atoms with Crippen LogP contribution in [0.4, 0.5) is 5.69 Å². The molecule has 138 valence electrons. The van der Waals surface area contributed by atoms with Crippen LogP contribution >= 0.6 is 0 Å². The number of nitrogens with one attached hydrogen (secondary N) is 1. The van der Waals surface area contributed by atoms with Crippen molar-refractivity contribution in [3.05, 3.63) is 52.5 Å². The molecule has 0 spiro atoms. The largest absolute Gasteiger partial charge is 0.455 e. The van der Waals surface area contributed by atoms with Crippen molar-refractivity contribution in [2.75, 3.05) is 5.32 Å². The smallest absolute Gasteiger partial charge is 0.291 e. The molecule has 1 aliphatic rings. The van der Waals surface area contributed by atoms with E-state index in [0.717, 1.165) is 16.8 Å². The number of hydrogen-bond acceptors (Lipinski definition) is 4. The van der Waals surface area contributed by atoms with Gasteiger partial charge in [-0.3, -0.25) is 4.79 Å². The number of carbonyl (C=O) groups is 1. The third kappa shape index (κ3) is 3.39. The first-order valence-electron chi connectivity index (χ1n) is 8.96. The first-order chi connectivity index (χ1) is 12.2. The Hall–Kier alpha value is -2.56. The van der Waals surface area contributed by atoms with Crippen LogP contribution in [0.25, 0.3) is 0 Å². The van der Waals surface area contributed by atoms with E-state index in [0.29, 0.717) is 30.2 Å². The Morgan fingerprint density at radius 1 is 1.23 bits per heavy atom. The molecule has 1 aliphatic carbocycles. The van der Waals surface area contributed by atoms with Crippen LogP contribution in [-0.4, -0.2) is 16.8 Å². The average Bonchev–Trinajstić information content (AvgIpc) is 2.90. The number of furan rings is 1. The van der Waals surface area contributed by atoms with E-state index in [1.807, 2.05) is 31.2 Å². The SMILES string of the molecule is Cc1c(C(=O)Nc2ccc(C(C)C)cc2)oc2c1/C(=N\O)CC(C)(C)C2. The standard InChI is InChI=1S/C21H26N2O3/c1-12(2)14-6-8-15(9-7-14)22-20(24)19-13(3)18-16(23-25)10-21(4,5)11-17(18)26-19/h6-9,12,25H,10-11H2,1-5H3,(H,22,24)/b23-16-. The van der Waals surface area contributed by atoms with Gasteiger partial charge >= 0.3 is 0 Å². The van der Waals surface area contributed by atoms with Crippen LogP contribution in [0.3, 0.4) is 0 Å². The predicted molar refractivity (Wildman–Crippen MR) is 102 cm³/mol. The second-order valence-corrected chi connectivity index (χ2v) is 8.15. The average molecular weight is 354 g/mol. The van der Waals surface area contributed by atoms with Gasteiger partial charge in [0.15, 0.2) is 5.76 Å². The van der Waals surface area contributed by atoms with Gasteiger partial charge in [0, 0.05) is 23.2 Å². The van der Waals surface area contributed by atoms with E-state index in [1.54, 1.807) is 0 Å². The lowest BCUT2D eigenvalue weighted by atomic mass is 9.75. The second kappa shape index (κ2) is 6.63. The van der Waals surface area contributed by atoms with E-state index >= 15 is 0 Å². The van der Waals surface area contributed by atoms with Gasteiger partial charge in [0.25, 0.3) is 5.91 Å². The summed E-state index contributed by atoms with van der Waals surface area (Å²) in [6.07, 6.45) is 1.35. The molecule has 0 saturated carbocycles. The molecule has 2 aromatic rings. The normalized spacial score (nSPS) is 17.4. The summed E-state index contributed by atoms with van der Waals surface area (Å²) in [6, 6.07) is 7.82. The Morgan fingerprint density at radius 2 is 1.88 bits per heavy atom. The number of nitrogens with zero attached hydrogens (tertiary/aromatic N) is 1. The molecule has 1 heterocycles. The van der Waals surface area contributed by atoms with Crippen LogP contribution in [0.15, 0.2) is 33.8 Å². The fraction of sp³-hybridized carbons (Fsp3) is 0.429. The van der Waals surface area contributed by atoms with Crippen molar-refractivity contribution in [3.63, 3.8) is 0 Å². The molecule has 3 rings (SSSR count). The van der Waals surface area contributed by atoms with Gasteiger partial charge in [0.1, 0.15) is 5.76 Å². The zero-order valence-electron chi connectivity index (χ0n) is 16.0. The number of anilines is 1. The van der Waals surface area contributed by atoms with Crippen LogP contribution in [0, 0.1) is 12.3 Å². The molecule has 26 heavy (non-hydrogen) atoms. The van der Waals surface area contributed by atoms with E-state index < -0.39 is 0 Å². The van der Waals surface area contributed by atoms with Crippen LogP contribution < -0.4 is 5.32 Å². The molecule has 0 radical (unpaired) electrons. The topological polar surface area (TPSA) is 74.8 Å². The molecule has 0 atom stereocenters. The van der Waals surface area contributed by atoms with Gasteiger partial charge < -0.3 is 14.9 Å². The molecule has 0 aliphatic heterocycles. The Balaban J connectivity index is 1.88. The van der Waals surface area contributed by atoms with Crippen molar-refractivity contribution in [3.8, 4) is 0 Å². The van der Waals surface area contributed by atoms with E-state index in [1.165, 1.54) is 5.56 Å². The molecule has 1 aromatic heterocycles. The highest BCUT2D eigenvalue weighted by atomic mass is 16.4. The maximum absolute atomic E-state index is 12.7. The third-order valence-corrected chi connectivity index (χ3v) is 4.96. The van der Waals surface area contributed by atoms with Gasteiger partial charge in [0.05, 0.1) is 5.71 Å². The lowest BCUT2D eigenvalue weighted by Crippen LogP contribution is -2.27. The minimum atomic E-state index is -0.288. The molecule has 1 aromatic carbocycles. The lowest BCUT2D eigenvalue weighted by Gasteiger charge is -2.28. The number of benzene rings is 1. The highest BCUT2D eigenvalue weighted by Crippen LogP contribution is 2.39. The van der Waals surface area contributed by atoms with Gasteiger partial charge in [-0.25, -0.2) is 0 Å². The van der Waals surface area contributed by atoms with E-state index in [9.17, 15) is 10.0 Å². The predicted octanol–water partition coefficient (Wildman–Crippen LogP) is 5.11. The van der Waals surface area contributed by atoms with Gasteiger partial charge in [-0.1, -0.05) is 45.0 Å². The minimum Gasteiger partial charge on any atom is -0.455 e. The monoisotopic (exact) mass is 354 g/mol. The zero-order valence-corrected chi connectivity index (χ0v) is 16.0. The second-order valence-electron chi connectivity index (χ2n) is 8.15. The Morgan fingerprint density at radius 3 is 2.46 bits per heavy atom. The number of fused-ring (bicyclic) bond motifs is 1. The van der Waals surface area contributed by atoms with Crippen LogP contribution in [0.1, 0.15) is 73.0 Å². The Kier molecular flexibility index (Phi) is 4.65. The summed E-state index contributed by atoms with van der Waals surface area (Å²) >= 11 is 0. The van der Waals surface area contributed by atoms with Crippen LogP contribution in [0.5, 0.6) is 0 Å². The first-order valence-corrected chi connectivity index (χ1v) is 8.96. The highest BCUT2D eigenvalue weighted by Gasteiger charge is 2.36.